The van der Waals surface area contributed by atoms with Gasteiger partial charge in [0.25, 0.3) is 0 Å². The fourth-order valence-corrected chi connectivity index (χ4v) is 0. The largest absolute Gasteiger partial charge is 1.00 e. The van der Waals surface area contributed by atoms with Crippen LogP contribution in [0.1, 0.15) is 4.28 Å². The summed E-state index contributed by atoms with van der Waals surface area (Å²) in [7, 11) is 0. The number of halogens is 6. The van der Waals surface area contributed by atoms with Crippen molar-refractivity contribution in [2.24, 2.45) is 0 Å². The van der Waals surface area contributed by atoms with Gasteiger partial charge >= 0.3 is 124 Å². The van der Waals surface area contributed by atoms with Crippen molar-refractivity contribution in [3.63, 3.8) is 0 Å². The normalized spacial score (nSPS) is 16.2. The van der Waals surface area contributed by atoms with E-state index in [2.05, 4.69) is 0 Å². The van der Waals surface area contributed by atoms with E-state index in [-0.39, 0.29) is 93.0 Å². The molecule has 0 aromatic carbocycles. The Kier molecular flexibility index (Phi) is 10.6. The number of hydrogen-bond acceptors (Lipinski definition) is 0. The molecule has 0 bridgehead atoms. The molecule has 0 spiro atoms. The van der Waals surface area contributed by atoms with Crippen LogP contribution < -0.4 is 88.7 Å². The van der Waals surface area contributed by atoms with Crippen LogP contribution in [0.5, 0.6) is 0 Å². The van der Waals surface area contributed by atoms with E-state index in [0.717, 1.165) is 0 Å². The van der Waals surface area contributed by atoms with Crippen molar-refractivity contribution in [3.05, 3.63) is 0 Å². The molecule has 0 saturated carbocycles. The Morgan fingerprint density at radius 1 is 0.600 bits per heavy atom. The Morgan fingerprint density at radius 3 is 0.600 bits per heavy atom. The Labute approximate surface area is 126 Å². The summed E-state index contributed by atoms with van der Waals surface area (Å²) in [4.78, 5) is 0. The van der Waals surface area contributed by atoms with Crippen LogP contribution in [0.2, 0.25) is 0 Å². The molecule has 0 aliphatic carbocycles. The van der Waals surface area contributed by atoms with E-state index < -0.39 is 13.7 Å². The monoisotopic (exact) mass is 213 g/mol. The van der Waals surface area contributed by atoms with E-state index in [4.69, 9.17) is 0 Å². The second kappa shape index (κ2) is 4.56. The first kappa shape index (κ1) is 23.2. The molecule has 0 N–H and O–H groups in total. The van der Waals surface area contributed by atoms with E-state index in [1.165, 1.54) is 0 Å². The molecule has 10 heteroatoms. The van der Waals surface area contributed by atoms with Crippen LogP contribution in [-0.2, 0) is 0 Å². The van der Waals surface area contributed by atoms with Crippen molar-refractivity contribution in [1.82, 2.24) is 0 Å². The third-order valence-corrected chi connectivity index (χ3v) is 0. The van der Waals surface area contributed by atoms with E-state index in [1.807, 2.05) is 0 Å². The van der Waals surface area contributed by atoms with E-state index in [9.17, 15) is 21.1 Å². The third-order valence-electron chi connectivity index (χ3n) is 0. The van der Waals surface area contributed by atoms with E-state index in [0.29, 0.717) is 0 Å². The first-order chi connectivity index (χ1) is 2.45. The van der Waals surface area contributed by atoms with Gasteiger partial charge in [0.05, 0.1) is 0 Å². The van der Waals surface area contributed by atoms with Gasteiger partial charge in [-0.05, 0) is 0 Å². The molecular weight excluding hydrogens is 210 g/mol. The number of rotatable bonds is 0. The summed E-state index contributed by atoms with van der Waals surface area (Å²) >= 11 is -11.0. The van der Waals surface area contributed by atoms with Crippen LogP contribution in [0.15, 0.2) is 0 Å². The van der Waals surface area contributed by atoms with Crippen molar-refractivity contribution in [2.75, 3.05) is 0 Å². The topological polar surface area (TPSA) is 0 Å². The zero-order chi connectivity index (χ0) is 6.41. The molecular formula is H3AlF6Na3-3. The molecule has 0 aromatic rings. The second-order valence-corrected chi connectivity index (χ2v) is 3.71. The third kappa shape index (κ3) is 117. The molecule has 0 unspecified atom stereocenters. The Balaban J connectivity index is -0.0000000120. The Morgan fingerprint density at radius 2 is 0.600 bits per heavy atom. The smallest absolute Gasteiger partial charge is 1.00 e. The standard InChI is InChI=1S/Al.6FH.3Na.3H/h;6*1H;;;;;;/q+3;;;;;;;3*+1;3*-1/p-6. The molecule has 0 aliphatic rings. The summed E-state index contributed by atoms with van der Waals surface area (Å²) < 4.78 is 59.4. The van der Waals surface area contributed by atoms with Gasteiger partial charge in [0.1, 0.15) is 0 Å². The molecule has 0 aromatic heterocycles. The van der Waals surface area contributed by atoms with Gasteiger partial charge in [0.2, 0.25) is 0 Å². The van der Waals surface area contributed by atoms with Gasteiger partial charge in [-0.1, -0.05) is 0 Å². The zero-order valence-corrected chi connectivity index (χ0v) is 13.0. The summed E-state index contributed by atoms with van der Waals surface area (Å²) in [5.41, 5.74) is 0. The second-order valence-electron chi connectivity index (χ2n) is 1.24. The van der Waals surface area contributed by atoms with Gasteiger partial charge in [0, 0.05) is 0 Å². The molecule has 0 atom stereocenters. The van der Waals surface area contributed by atoms with Crippen molar-refractivity contribution in [3.8, 4) is 0 Å². The molecule has 54 valence electrons. The minimum Gasteiger partial charge on any atom is -1.00 e. The van der Waals surface area contributed by atoms with Crippen molar-refractivity contribution in [2.45, 2.75) is 0 Å². The van der Waals surface area contributed by atoms with E-state index >= 15 is 0 Å². The maximum Gasteiger partial charge on any atom is 1.00 e. The average molecular weight is 213 g/mol. The molecule has 0 heterocycles. The minimum atomic E-state index is -11.0. The maximum atomic E-state index is 9.90. The Bertz CT molecular complexity index is 81.7. The quantitative estimate of drug-likeness (QED) is 0.277. The fourth-order valence-electron chi connectivity index (χ4n) is 0. The summed E-state index contributed by atoms with van der Waals surface area (Å²) in [6.45, 7) is 0. The van der Waals surface area contributed by atoms with Crippen LogP contribution >= 0.6 is 0 Å². The summed E-state index contributed by atoms with van der Waals surface area (Å²) in [6, 6.07) is 0. The van der Waals surface area contributed by atoms with Gasteiger partial charge in [-0.3, -0.25) is 0 Å². The van der Waals surface area contributed by atoms with Gasteiger partial charge in [-0.15, -0.1) is 0 Å². The SMILES string of the molecule is [F][Al-3]([F])([F])([F])([F])[F].[H-].[H-].[H-].[Na+].[Na+].[Na+]. The van der Waals surface area contributed by atoms with Crippen molar-refractivity contribution >= 4 is 13.7 Å². The first-order valence-corrected chi connectivity index (χ1v) is 3.93. The van der Waals surface area contributed by atoms with Crippen LogP contribution in [-0.4, -0.2) is 13.7 Å². The molecule has 0 aliphatic heterocycles. The summed E-state index contributed by atoms with van der Waals surface area (Å²) in [6.07, 6.45) is 0. The van der Waals surface area contributed by atoms with Crippen molar-refractivity contribution in [1.29, 1.82) is 0 Å². The molecule has 10 heavy (non-hydrogen) atoms. The predicted molar refractivity (Wildman–Crippen MR) is 15.7 cm³/mol. The van der Waals surface area contributed by atoms with Gasteiger partial charge in [-0.25, -0.2) is 0 Å². The maximum absolute atomic E-state index is 11.0. The van der Waals surface area contributed by atoms with Crippen LogP contribution in [0, 0.1) is 0 Å². The van der Waals surface area contributed by atoms with Crippen LogP contribution in [0.4, 0.5) is 21.1 Å². The average Bonchev–Trinajstić information content (AvgIpc) is 0.592. The summed E-state index contributed by atoms with van der Waals surface area (Å²) in [5.74, 6) is 0. The predicted octanol–water partition coefficient (Wildman–Crippen LogP) is -6.51. The first-order valence-electron chi connectivity index (χ1n) is 1.31. The van der Waals surface area contributed by atoms with Crippen molar-refractivity contribution < 1.29 is 114 Å². The molecule has 0 saturated heterocycles. The molecule has 0 rings (SSSR count). The van der Waals surface area contributed by atoms with Gasteiger partial charge in [-0.2, -0.15) is 0 Å². The van der Waals surface area contributed by atoms with Gasteiger partial charge < -0.3 is 4.28 Å². The fraction of sp³-hybridized carbons (Fsp3) is 0. The molecule has 0 radical (unpaired) electrons. The van der Waals surface area contributed by atoms with E-state index in [1.54, 1.807) is 0 Å². The summed E-state index contributed by atoms with van der Waals surface area (Å²) in [5, 5.41) is 0. The van der Waals surface area contributed by atoms with Crippen LogP contribution in [0.3, 0.4) is 0 Å². The molecule has 0 fully saturated rings. The number of hydrogen-bond donors (Lipinski definition) is 0. The Hall–Kier alpha value is 3.11. The molecule has 0 nitrogen and oxygen atoms in total. The zero-order valence-electron chi connectivity index (χ0n) is 8.85. The minimum absolute atomic E-state index is 0. The van der Waals surface area contributed by atoms with Gasteiger partial charge in [0.15, 0.2) is 0 Å². The van der Waals surface area contributed by atoms with Crippen LogP contribution in [0.25, 0.3) is 0 Å². The molecule has 0 amide bonds.